The molecule has 0 atom stereocenters. The topological polar surface area (TPSA) is 9.86 Å². The molecule has 210 valence electrons. The van der Waals surface area contributed by atoms with Crippen molar-refractivity contribution in [3.63, 3.8) is 0 Å². The summed E-state index contributed by atoms with van der Waals surface area (Å²) in [6.45, 7) is 0. The highest BCUT2D eigenvalue weighted by atomic mass is 32.1. The van der Waals surface area contributed by atoms with Gasteiger partial charge in [-0.25, -0.2) is 0 Å². The fraction of sp³-hybridized carbons (Fsp3) is 0. The van der Waals surface area contributed by atoms with Gasteiger partial charge in [0, 0.05) is 53.1 Å². The molecule has 0 spiro atoms. The minimum atomic E-state index is 1.16. The van der Waals surface area contributed by atoms with Gasteiger partial charge in [0.1, 0.15) is 0 Å². The third kappa shape index (κ3) is 3.56. The number of rotatable bonds is 3. The molecule has 0 aliphatic heterocycles. The number of fused-ring (bicyclic) bond motifs is 10. The molecule has 0 bridgehead atoms. The van der Waals surface area contributed by atoms with Gasteiger partial charge in [0.15, 0.2) is 0 Å². The molecule has 0 radical (unpaired) electrons. The minimum Gasteiger partial charge on any atom is -0.309 e. The van der Waals surface area contributed by atoms with E-state index >= 15 is 0 Å². The average Bonchev–Trinajstić information content (AvgIpc) is 3.76. The van der Waals surface area contributed by atoms with Crippen molar-refractivity contribution in [3.05, 3.63) is 158 Å². The van der Waals surface area contributed by atoms with Crippen LogP contribution in [0, 0.1) is 0 Å². The summed E-state index contributed by atoms with van der Waals surface area (Å²) in [4.78, 5) is 0. The summed E-state index contributed by atoms with van der Waals surface area (Å²) in [7, 11) is 0. The first-order chi connectivity index (χ1) is 22.3. The van der Waals surface area contributed by atoms with Crippen LogP contribution in [0.2, 0.25) is 0 Å². The molecule has 10 rings (SSSR count). The van der Waals surface area contributed by atoms with E-state index in [2.05, 4.69) is 167 Å². The van der Waals surface area contributed by atoms with Gasteiger partial charge < -0.3 is 9.13 Å². The van der Waals surface area contributed by atoms with Crippen LogP contribution in [-0.4, -0.2) is 9.13 Å². The Labute approximate surface area is 263 Å². The number of hydrogen-bond acceptors (Lipinski definition) is 1. The predicted molar refractivity (Wildman–Crippen MR) is 193 cm³/mol. The second kappa shape index (κ2) is 9.43. The molecular weight excluding hydrogens is 565 g/mol. The molecule has 3 heteroatoms. The monoisotopic (exact) mass is 590 g/mol. The molecular formula is C42H26N2S. The molecule has 10 aromatic rings. The van der Waals surface area contributed by atoms with Crippen LogP contribution in [0.1, 0.15) is 0 Å². The summed E-state index contributed by atoms with van der Waals surface area (Å²) in [5.74, 6) is 0. The van der Waals surface area contributed by atoms with Gasteiger partial charge in [-0.2, -0.15) is 0 Å². The maximum atomic E-state index is 2.44. The number of aromatic nitrogens is 2. The van der Waals surface area contributed by atoms with Crippen LogP contribution in [-0.2, 0) is 0 Å². The Morgan fingerprint density at radius 1 is 0.356 bits per heavy atom. The first kappa shape index (κ1) is 24.8. The van der Waals surface area contributed by atoms with E-state index in [0.717, 1.165) is 5.69 Å². The Balaban J connectivity index is 1.20. The van der Waals surface area contributed by atoms with Gasteiger partial charge in [0.25, 0.3) is 0 Å². The predicted octanol–water partition coefficient (Wildman–Crippen LogP) is 11.9. The lowest BCUT2D eigenvalue weighted by Crippen LogP contribution is -1.95. The summed E-state index contributed by atoms with van der Waals surface area (Å²) in [6, 6.07) is 57.6. The largest absolute Gasteiger partial charge is 0.309 e. The molecule has 0 aliphatic rings. The number of thiophene rings is 1. The van der Waals surface area contributed by atoms with Crippen LogP contribution in [0.4, 0.5) is 0 Å². The lowest BCUT2D eigenvalue weighted by atomic mass is 10.0. The molecule has 2 nitrogen and oxygen atoms in total. The SMILES string of the molecule is c1ccc(-n2c3ccccc3c3ccc4c(c5ccccc5n4-c4ccc(-c5ccc6c(c5)sc5ccccc56)cc4)c32)cc1. The van der Waals surface area contributed by atoms with E-state index in [-0.39, 0.29) is 0 Å². The molecule has 0 N–H and O–H groups in total. The van der Waals surface area contributed by atoms with Crippen molar-refractivity contribution in [1.82, 2.24) is 9.13 Å². The Morgan fingerprint density at radius 3 is 1.78 bits per heavy atom. The summed E-state index contributed by atoms with van der Waals surface area (Å²) in [5.41, 5.74) is 9.71. The van der Waals surface area contributed by atoms with Crippen molar-refractivity contribution < 1.29 is 0 Å². The Bertz CT molecular complexity index is 2740. The number of nitrogens with zero attached hydrogens (tertiary/aromatic N) is 2. The standard InChI is InChI=1S/C42H26N2S/c1-2-10-29(11-3-1)44-36-15-7-4-12-31(36)34-24-25-38-41(42(34)44)35-14-5-8-16-37(35)43(38)30-21-18-27(19-22-30)28-20-23-33-32-13-6-9-17-39(32)45-40(33)26-28/h1-26H. The number of hydrogen-bond donors (Lipinski definition) is 0. The molecule has 0 amide bonds. The van der Waals surface area contributed by atoms with Crippen LogP contribution in [0.5, 0.6) is 0 Å². The molecule has 7 aromatic carbocycles. The van der Waals surface area contributed by atoms with E-state index in [0.29, 0.717) is 0 Å². The maximum absolute atomic E-state index is 2.44. The fourth-order valence-electron chi connectivity index (χ4n) is 7.34. The van der Waals surface area contributed by atoms with E-state index in [1.165, 1.54) is 80.6 Å². The maximum Gasteiger partial charge on any atom is 0.0641 e. The van der Waals surface area contributed by atoms with Crippen molar-refractivity contribution in [1.29, 1.82) is 0 Å². The summed E-state index contributed by atoms with van der Waals surface area (Å²) < 4.78 is 7.54. The van der Waals surface area contributed by atoms with Crippen LogP contribution >= 0.6 is 11.3 Å². The Morgan fingerprint density at radius 2 is 0.956 bits per heavy atom. The van der Waals surface area contributed by atoms with E-state index in [4.69, 9.17) is 0 Å². The van der Waals surface area contributed by atoms with Crippen molar-refractivity contribution in [3.8, 4) is 22.5 Å². The normalized spacial score (nSPS) is 12.0. The van der Waals surface area contributed by atoms with Crippen LogP contribution in [0.15, 0.2) is 158 Å². The Kier molecular flexibility index (Phi) is 5.19. The molecule has 3 aromatic heterocycles. The molecule has 45 heavy (non-hydrogen) atoms. The van der Waals surface area contributed by atoms with E-state index in [1.54, 1.807) is 0 Å². The average molecular weight is 591 g/mol. The van der Waals surface area contributed by atoms with Gasteiger partial charge in [0.2, 0.25) is 0 Å². The van der Waals surface area contributed by atoms with Crippen molar-refractivity contribution >= 4 is 75.1 Å². The minimum absolute atomic E-state index is 1.16. The van der Waals surface area contributed by atoms with Gasteiger partial charge in [-0.3, -0.25) is 0 Å². The van der Waals surface area contributed by atoms with Gasteiger partial charge in [0.05, 0.1) is 22.1 Å². The highest BCUT2D eigenvalue weighted by molar-refractivity contribution is 7.25. The van der Waals surface area contributed by atoms with Gasteiger partial charge in [-0.15, -0.1) is 11.3 Å². The molecule has 0 aliphatic carbocycles. The number of para-hydroxylation sites is 3. The second-order valence-corrected chi connectivity index (χ2v) is 12.8. The van der Waals surface area contributed by atoms with E-state index in [1.807, 2.05) is 11.3 Å². The first-order valence-corrected chi connectivity index (χ1v) is 16.2. The van der Waals surface area contributed by atoms with Crippen molar-refractivity contribution in [2.75, 3.05) is 0 Å². The van der Waals surface area contributed by atoms with Crippen LogP contribution < -0.4 is 0 Å². The first-order valence-electron chi connectivity index (χ1n) is 15.4. The third-order valence-corrected chi connectivity index (χ3v) is 10.5. The van der Waals surface area contributed by atoms with Crippen molar-refractivity contribution in [2.45, 2.75) is 0 Å². The lowest BCUT2D eigenvalue weighted by molar-refractivity contribution is 1.17. The molecule has 0 fully saturated rings. The summed E-state index contributed by atoms with van der Waals surface area (Å²) in [6.07, 6.45) is 0. The summed E-state index contributed by atoms with van der Waals surface area (Å²) in [5, 5.41) is 7.76. The van der Waals surface area contributed by atoms with Crippen LogP contribution in [0.25, 0.3) is 86.3 Å². The molecule has 0 unspecified atom stereocenters. The zero-order valence-electron chi connectivity index (χ0n) is 24.3. The van der Waals surface area contributed by atoms with Crippen molar-refractivity contribution in [2.24, 2.45) is 0 Å². The third-order valence-electron chi connectivity index (χ3n) is 9.32. The molecule has 3 heterocycles. The van der Waals surface area contributed by atoms with Gasteiger partial charge in [-0.05, 0) is 65.7 Å². The summed E-state index contributed by atoms with van der Waals surface area (Å²) >= 11 is 1.87. The fourth-order valence-corrected chi connectivity index (χ4v) is 8.49. The number of benzene rings is 7. The highest BCUT2D eigenvalue weighted by Crippen LogP contribution is 2.42. The van der Waals surface area contributed by atoms with Gasteiger partial charge >= 0.3 is 0 Å². The van der Waals surface area contributed by atoms with Crippen LogP contribution in [0.3, 0.4) is 0 Å². The quantitative estimate of drug-likeness (QED) is 0.194. The molecule has 0 saturated carbocycles. The van der Waals surface area contributed by atoms with E-state index in [9.17, 15) is 0 Å². The smallest absolute Gasteiger partial charge is 0.0641 e. The highest BCUT2D eigenvalue weighted by Gasteiger charge is 2.20. The second-order valence-electron chi connectivity index (χ2n) is 11.8. The zero-order valence-corrected chi connectivity index (χ0v) is 25.1. The lowest BCUT2D eigenvalue weighted by Gasteiger charge is -2.11. The Hall–Kier alpha value is -5.64. The molecule has 0 saturated heterocycles. The van der Waals surface area contributed by atoms with E-state index < -0.39 is 0 Å². The van der Waals surface area contributed by atoms with Gasteiger partial charge in [-0.1, -0.05) is 103 Å². The zero-order chi connectivity index (χ0) is 29.5.